The highest BCUT2D eigenvalue weighted by atomic mass is 19.1. The van der Waals surface area contributed by atoms with Crippen molar-refractivity contribution in [1.29, 1.82) is 0 Å². The number of aliphatic hydroxyl groups is 1. The van der Waals surface area contributed by atoms with E-state index in [0.717, 1.165) is 0 Å². The van der Waals surface area contributed by atoms with E-state index in [-0.39, 0.29) is 5.82 Å². The van der Waals surface area contributed by atoms with Crippen molar-refractivity contribution in [1.82, 2.24) is 0 Å². The van der Waals surface area contributed by atoms with Crippen LogP contribution in [-0.4, -0.2) is 5.11 Å². The smallest absolute Gasteiger partial charge is 0.128 e. The summed E-state index contributed by atoms with van der Waals surface area (Å²) >= 11 is 0. The Bertz CT molecular complexity index is 260. The van der Waals surface area contributed by atoms with Crippen LogP contribution in [0.1, 0.15) is 17.4 Å². The number of nitrogens with two attached hydrogens (primary N) is 1. The second-order valence-corrected chi connectivity index (χ2v) is 2.45. The fourth-order valence-electron chi connectivity index (χ4n) is 0.852. The van der Waals surface area contributed by atoms with Gasteiger partial charge in [-0.05, 0) is 30.2 Å². The molecule has 0 amide bonds. The molecule has 1 unspecified atom stereocenters. The predicted molar refractivity (Wildman–Crippen MR) is 40.3 cm³/mol. The maximum absolute atomic E-state index is 12.6. The quantitative estimate of drug-likeness (QED) is 0.596. The Kier molecular flexibility index (Phi) is 2.22. The summed E-state index contributed by atoms with van der Waals surface area (Å²) in [5, 5.41) is 8.89. The maximum atomic E-state index is 12.6. The van der Waals surface area contributed by atoms with Crippen LogP contribution in [-0.2, 0) is 0 Å². The molecule has 0 aliphatic heterocycles. The zero-order valence-electron chi connectivity index (χ0n) is 6.21. The van der Waals surface area contributed by atoms with Gasteiger partial charge in [-0.1, -0.05) is 6.07 Å². The monoisotopic (exact) mass is 155 g/mol. The number of aryl methyl sites for hydroxylation is 1. The van der Waals surface area contributed by atoms with E-state index in [4.69, 9.17) is 10.8 Å². The van der Waals surface area contributed by atoms with Crippen molar-refractivity contribution in [3.8, 4) is 0 Å². The van der Waals surface area contributed by atoms with E-state index in [9.17, 15) is 4.39 Å². The molecule has 0 saturated carbocycles. The van der Waals surface area contributed by atoms with Gasteiger partial charge in [0.2, 0.25) is 0 Å². The van der Waals surface area contributed by atoms with Crippen molar-refractivity contribution in [2.75, 3.05) is 0 Å². The number of rotatable bonds is 1. The minimum absolute atomic E-state index is 0.283. The number of aliphatic hydroxyl groups excluding tert-OH is 1. The third-order valence-corrected chi connectivity index (χ3v) is 1.52. The summed E-state index contributed by atoms with van der Waals surface area (Å²) in [6.45, 7) is 1.63. The van der Waals surface area contributed by atoms with Crippen molar-refractivity contribution >= 4 is 0 Å². The summed E-state index contributed by atoms with van der Waals surface area (Å²) in [6.07, 6.45) is -1.02. The molecule has 60 valence electrons. The first kappa shape index (κ1) is 8.17. The molecule has 0 aromatic heterocycles. The molecule has 0 bridgehead atoms. The molecule has 1 atom stereocenters. The van der Waals surface area contributed by atoms with Crippen molar-refractivity contribution in [3.63, 3.8) is 0 Å². The van der Waals surface area contributed by atoms with Crippen LogP contribution in [0.5, 0.6) is 0 Å². The van der Waals surface area contributed by atoms with Gasteiger partial charge in [0, 0.05) is 0 Å². The summed E-state index contributed by atoms with van der Waals surface area (Å²) in [5.41, 5.74) is 6.19. The molecule has 0 heterocycles. The van der Waals surface area contributed by atoms with Gasteiger partial charge in [-0.15, -0.1) is 0 Å². The highest BCUT2D eigenvalue weighted by molar-refractivity contribution is 5.24. The molecule has 0 aliphatic rings. The molecule has 1 rings (SSSR count). The van der Waals surface area contributed by atoms with Crippen molar-refractivity contribution in [3.05, 3.63) is 35.1 Å². The predicted octanol–water partition coefficient (Wildman–Crippen LogP) is 1.08. The van der Waals surface area contributed by atoms with E-state index in [1.54, 1.807) is 6.92 Å². The molecule has 1 aromatic carbocycles. The number of halogens is 1. The standard InChI is InChI=1S/C8H10FNO/c1-5-4-6(8(10)11)2-3-7(5)9/h2-4,8,11H,10H2,1H3. The van der Waals surface area contributed by atoms with Crippen LogP contribution >= 0.6 is 0 Å². The molecule has 2 nitrogen and oxygen atoms in total. The molecule has 1 aromatic rings. The Labute approximate surface area is 64.5 Å². The normalized spacial score (nSPS) is 13.1. The Morgan fingerprint density at radius 2 is 2.18 bits per heavy atom. The minimum Gasteiger partial charge on any atom is -0.375 e. The summed E-state index contributed by atoms with van der Waals surface area (Å²) in [6, 6.07) is 4.29. The van der Waals surface area contributed by atoms with Crippen molar-refractivity contribution in [2.45, 2.75) is 13.2 Å². The van der Waals surface area contributed by atoms with Gasteiger partial charge in [-0.25, -0.2) is 4.39 Å². The average Bonchev–Trinajstić information content (AvgIpc) is 1.94. The lowest BCUT2D eigenvalue weighted by molar-refractivity contribution is 0.186. The SMILES string of the molecule is Cc1cc(C(N)O)ccc1F. The van der Waals surface area contributed by atoms with Gasteiger partial charge >= 0.3 is 0 Å². The van der Waals surface area contributed by atoms with Crippen LogP contribution < -0.4 is 5.73 Å². The average molecular weight is 155 g/mol. The van der Waals surface area contributed by atoms with Crippen LogP contribution in [0.15, 0.2) is 18.2 Å². The van der Waals surface area contributed by atoms with Gasteiger partial charge in [0.15, 0.2) is 0 Å². The van der Waals surface area contributed by atoms with E-state index in [1.165, 1.54) is 18.2 Å². The summed E-state index contributed by atoms with van der Waals surface area (Å²) < 4.78 is 12.6. The van der Waals surface area contributed by atoms with Crippen LogP contribution in [0.4, 0.5) is 4.39 Å². The molecular weight excluding hydrogens is 145 g/mol. The van der Waals surface area contributed by atoms with Crippen LogP contribution in [0.25, 0.3) is 0 Å². The molecule has 0 fully saturated rings. The Morgan fingerprint density at radius 3 is 2.64 bits per heavy atom. The Hall–Kier alpha value is -0.930. The topological polar surface area (TPSA) is 46.2 Å². The number of hydrogen-bond acceptors (Lipinski definition) is 2. The lowest BCUT2D eigenvalue weighted by Gasteiger charge is -2.05. The molecule has 0 radical (unpaired) electrons. The molecule has 3 heteroatoms. The van der Waals surface area contributed by atoms with Gasteiger partial charge in [-0.3, -0.25) is 0 Å². The highest BCUT2D eigenvalue weighted by Crippen LogP contribution is 2.12. The van der Waals surface area contributed by atoms with Crippen molar-refractivity contribution < 1.29 is 9.50 Å². The van der Waals surface area contributed by atoms with Crippen LogP contribution in [0.3, 0.4) is 0 Å². The van der Waals surface area contributed by atoms with E-state index < -0.39 is 6.23 Å². The molecule has 0 spiro atoms. The minimum atomic E-state index is -1.02. The van der Waals surface area contributed by atoms with E-state index >= 15 is 0 Å². The third kappa shape index (κ3) is 1.76. The second kappa shape index (κ2) is 2.98. The summed E-state index contributed by atoms with van der Waals surface area (Å²) in [7, 11) is 0. The van der Waals surface area contributed by atoms with Gasteiger partial charge in [-0.2, -0.15) is 0 Å². The first-order valence-electron chi connectivity index (χ1n) is 3.31. The van der Waals surface area contributed by atoms with Gasteiger partial charge in [0.05, 0.1) is 0 Å². The van der Waals surface area contributed by atoms with E-state index in [2.05, 4.69) is 0 Å². The molecular formula is C8H10FNO. The third-order valence-electron chi connectivity index (χ3n) is 1.52. The van der Waals surface area contributed by atoms with Gasteiger partial charge in [0.25, 0.3) is 0 Å². The zero-order valence-corrected chi connectivity index (χ0v) is 6.21. The van der Waals surface area contributed by atoms with Crippen LogP contribution in [0, 0.1) is 12.7 Å². The molecule has 3 N–H and O–H groups in total. The second-order valence-electron chi connectivity index (χ2n) is 2.45. The fraction of sp³-hybridized carbons (Fsp3) is 0.250. The van der Waals surface area contributed by atoms with Gasteiger partial charge < -0.3 is 10.8 Å². The summed E-state index contributed by atoms with van der Waals surface area (Å²) in [4.78, 5) is 0. The Morgan fingerprint density at radius 1 is 1.55 bits per heavy atom. The molecule has 11 heavy (non-hydrogen) atoms. The first-order valence-corrected chi connectivity index (χ1v) is 3.31. The van der Waals surface area contributed by atoms with Crippen LogP contribution in [0.2, 0.25) is 0 Å². The largest absolute Gasteiger partial charge is 0.375 e. The van der Waals surface area contributed by atoms with E-state index in [1.807, 2.05) is 0 Å². The number of benzene rings is 1. The summed E-state index contributed by atoms with van der Waals surface area (Å²) in [5.74, 6) is -0.283. The Balaban J connectivity index is 3.05. The maximum Gasteiger partial charge on any atom is 0.128 e. The fourth-order valence-corrected chi connectivity index (χ4v) is 0.852. The van der Waals surface area contributed by atoms with E-state index in [0.29, 0.717) is 11.1 Å². The highest BCUT2D eigenvalue weighted by Gasteiger charge is 2.02. The lowest BCUT2D eigenvalue weighted by atomic mass is 10.1. The first-order chi connectivity index (χ1) is 5.11. The zero-order chi connectivity index (χ0) is 8.43. The molecule has 0 saturated heterocycles. The molecule has 0 aliphatic carbocycles. The van der Waals surface area contributed by atoms with Gasteiger partial charge in [0.1, 0.15) is 12.0 Å². The number of hydrogen-bond donors (Lipinski definition) is 2. The van der Waals surface area contributed by atoms with Crippen molar-refractivity contribution in [2.24, 2.45) is 5.73 Å². The lowest BCUT2D eigenvalue weighted by Crippen LogP contribution is -2.08.